The van der Waals surface area contributed by atoms with Crippen LogP contribution in [-0.2, 0) is 18.5 Å². The lowest BCUT2D eigenvalue weighted by Gasteiger charge is -2.45. The van der Waals surface area contributed by atoms with Crippen molar-refractivity contribution in [3.05, 3.63) is 154 Å². The number of rotatable bonds is 1. The van der Waals surface area contributed by atoms with Crippen molar-refractivity contribution in [2.75, 3.05) is 0 Å². The summed E-state index contributed by atoms with van der Waals surface area (Å²) >= 11 is 0. The Labute approximate surface area is 237 Å². The molecule has 3 unspecified atom stereocenters. The van der Waals surface area contributed by atoms with Crippen LogP contribution in [0.4, 0.5) is 0 Å². The Kier molecular flexibility index (Phi) is 4.36. The van der Waals surface area contributed by atoms with Gasteiger partial charge < -0.3 is 0 Å². The summed E-state index contributed by atoms with van der Waals surface area (Å²) < 4.78 is 0. The zero-order valence-electron chi connectivity index (χ0n) is 22.2. The van der Waals surface area contributed by atoms with E-state index in [1.807, 2.05) is 91.0 Å². The van der Waals surface area contributed by atoms with Gasteiger partial charge in [-0.25, -0.2) is 0 Å². The van der Waals surface area contributed by atoms with Gasteiger partial charge >= 0.3 is 0 Å². The number of carbonyl (C=O) groups is 3. The molecule has 3 atom stereocenters. The molecule has 0 bridgehead atoms. The lowest BCUT2D eigenvalue weighted by molar-refractivity contribution is 0.0193. The Hall–Kier alpha value is -4.67. The second-order valence-corrected chi connectivity index (χ2v) is 11.8. The van der Waals surface area contributed by atoms with Gasteiger partial charge in [0.1, 0.15) is 11.0 Å². The highest BCUT2D eigenvalue weighted by atomic mass is 16.2. The van der Waals surface area contributed by atoms with Crippen LogP contribution in [0, 0.1) is 5.41 Å². The zero-order chi connectivity index (χ0) is 27.5. The number of hydrogen-bond donors (Lipinski definition) is 0. The highest BCUT2D eigenvalue weighted by Gasteiger charge is 2.81. The molecule has 41 heavy (non-hydrogen) atoms. The topological polar surface area (TPSA) is 54.5 Å². The fraction of sp³-hybridized carbons (Fsp3) is 0.162. The molecule has 1 saturated heterocycles. The lowest BCUT2D eigenvalue weighted by atomic mass is 9.56. The highest BCUT2D eigenvalue weighted by molar-refractivity contribution is 6.36. The molecule has 4 heteroatoms. The van der Waals surface area contributed by atoms with Crippen LogP contribution < -0.4 is 0 Å². The largest absolute Gasteiger partial charge is 0.293 e. The van der Waals surface area contributed by atoms with E-state index in [9.17, 15) is 0 Å². The molecule has 5 aromatic carbocycles. The van der Waals surface area contributed by atoms with Gasteiger partial charge in [0, 0.05) is 35.2 Å². The molecule has 0 aromatic heterocycles. The van der Waals surface area contributed by atoms with E-state index >= 15 is 14.4 Å². The SMILES string of the molecule is O=C1c2ccccc2C(=O)C12C(c1ccccc1)C1Cc3ccccc3CN1C21C(=O)c2cccc3cccc1c23. The second-order valence-electron chi connectivity index (χ2n) is 11.8. The summed E-state index contributed by atoms with van der Waals surface area (Å²) in [4.78, 5) is 48.0. The predicted octanol–water partition coefficient (Wildman–Crippen LogP) is 6.52. The maximum absolute atomic E-state index is 15.3. The van der Waals surface area contributed by atoms with E-state index < -0.39 is 16.9 Å². The van der Waals surface area contributed by atoms with Gasteiger partial charge in [0.05, 0.1) is 0 Å². The first-order chi connectivity index (χ1) is 20.1. The quantitative estimate of drug-likeness (QED) is 0.231. The molecule has 4 aliphatic rings. The van der Waals surface area contributed by atoms with Crippen molar-refractivity contribution in [2.45, 2.75) is 30.5 Å². The number of carbonyl (C=O) groups excluding carboxylic acids is 3. The van der Waals surface area contributed by atoms with E-state index in [1.165, 1.54) is 5.56 Å². The van der Waals surface area contributed by atoms with Crippen LogP contribution in [0.2, 0.25) is 0 Å². The predicted molar refractivity (Wildman–Crippen MR) is 156 cm³/mol. The van der Waals surface area contributed by atoms with Crippen molar-refractivity contribution in [2.24, 2.45) is 5.41 Å². The summed E-state index contributed by atoms with van der Waals surface area (Å²) in [5, 5.41) is 1.81. The van der Waals surface area contributed by atoms with E-state index in [1.54, 1.807) is 12.1 Å². The van der Waals surface area contributed by atoms with Crippen LogP contribution in [0.5, 0.6) is 0 Å². The molecule has 2 aliphatic heterocycles. The van der Waals surface area contributed by atoms with E-state index in [0.717, 1.165) is 27.5 Å². The van der Waals surface area contributed by atoms with Gasteiger partial charge in [-0.1, -0.05) is 115 Å². The Morgan fingerprint density at radius 2 is 1.20 bits per heavy atom. The molecule has 1 fully saturated rings. The third-order valence-corrected chi connectivity index (χ3v) is 10.3. The summed E-state index contributed by atoms with van der Waals surface area (Å²) in [6, 6.07) is 37.0. The van der Waals surface area contributed by atoms with Crippen molar-refractivity contribution in [3.63, 3.8) is 0 Å². The number of fused-ring (bicyclic) bond motifs is 6. The third kappa shape index (κ3) is 2.46. The number of nitrogens with zero attached hydrogens (tertiary/aromatic N) is 1. The van der Waals surface area contributed by atoms with Crippen LogP contribution in [-0.4, -0.2) is 28.3 Å². The molecular formula is C37H25NO3. The molecule has 5 aromatic rings. The van der Waals surface area contributed by atoms with E-state index in [4.69, 9.17) is 0 Å². The van der Waals surface area contributed by atoms with Crippen LogP contribution in [0.3, 0.4) is 0 Å². The fourth-order valence-corrected chi connectivity index (χ4v) is 8.93. The Balaban J connectivity index is 1.46. The van der Waals surface area contributed by atoms with Gasteiger partial charge in [-0.3, -0.25) is 19.3 Å². The average Bonchev–Trinajstić information content (AvgIpc) is 3.53. The molecule has 2 spiro atoms. The minimum Gasteiger partial charge on any atom is -0.293 e. The first-order valence-electron chi connectivity index (χ1n) is 14.2. The number of benzene rings is 5. The minimum atomic E-state index is -1.64. The summed E-state index contributed by atoms with van der Waals surface area (Å²) in [6.45, 7) is 0.485. The molecule has 4 nitrogen and oxygen atoms in total. The fourth-order valence-electron chi connectivity index (χ4n) is 8.93. The van der Waals surface area contributed by atoms with Gasteiger partial charge in [0.15, 0.2) is 17.3 Å². The smallest absolute Gasteiger partial charge is 0.189 e. The molecule has 196 valence electrons. The van der Waals surface area contributed by atoms with Crippen LogP contribution in [0.15, 0.2) is 115 Å². The second kappa shape index (κ2) is 7.74. The first-order valence-corrected chi connectivity index (χ1v) is 14.2. The van der Waals surface area contributed by atoms with Gasteiger partial charge in [0.25, 0.3) is 0 Å². The highest BCUT2D eigenvalue weighted by Crippen LogP contribution is 2.70. The molecule has 0 N–H and O–H groups in total. The standard InChI is InChI=1S/C37H25NO3/c39-33-26-16-6-7-17-27(26)34(40)36(33)32(23-10-2-1-3-11-23)30-20-24-12-4-5-13-25(24)21-38(30)37(36)29-19-9-15-22-14-8-18-28(31(22)29)35(37)41/h1-19,30,32H,20-21H2. The molecule has 2 aliphatic carbocycles. The molecule has 0 radical (unpaired) electrons. The van der Waals surface area contributed by atoms with Crippen LogP contribution in [0.25, 0.3) is 10.8 Å². The van der Waals surface area contributed by atoms with Gasteiger partial charge in [0.2, 0.25) is 0 Å². The minimum absolute atomic E-state index is 0.137. The number of Topliss-reactive ketones (excluding diaryl/α,β-unsaturated/α-hetero) is 3. The van der Waals surface area contributed by atoms with Gasteiger partial charge in [-0.2, -0.15) is 0 Å². The Morgan fingerprint density at radius 3 is 1.93 bits per heavy atom. The third-order valence-electron chi connectivity index (χ3n) is 10.3. The van der Waals surface area contributed by atoms with Gasteiger partial charge in [-0.15, -0.1) is 0 Å². The van der Waals surface area contributed by atoms with Crippen molar-refractivity contribution >= 4 is 28.1 Å². The summed E-state index contributed by atoms with van der Waals surface area (Å²) in [7, 11) is 0. The zero-order valence-corrected chi connectivity index (χ0v) is 22.2. The van der Waals surface area contributed by atoms with E-state index in [0.29, 0.717) is 29.7 Å². The normalized spacial score (nSPS) is 25.2. The Bertz CT molecular complexity index is 1950. The van der Waals surface area contributed by atoms with E-state index in [2.05, 4.69) is 17.0 Å². The number of hydrogen-bond acceptors (Lipinski definition) is 4. The Morgan fingerprint density at radius 1 is 0.585 bits per heavy atom. The molecule has 0 saturated carbocycles. The monoisotopic (exact) mass is 531 g/mol. The maximum atomic E-state index is 15.3. The average molecular weight is 532 g/mol. The van der Waals surface area contributed by atoms with Crippen LogP contribution in [0.1, 0.15) is 59.2 Å². The summed E-state index contributed by atoms with van der Waals surface area (Å²) in [5.41, 5.74) is 2.38. The van der Waals surface area contributed by atoms with Crippen LogP contribution >= 0.6 is 0 Å². The van der Waals surface area contributed by atoms with Gasteiger partial charge in [-0.05, 0) is 39.4 Å². The van der Waals surface area contributed by atoms with Crippen molar-refractivity contribution < 1.29 is 14.4 Å². The van der Waals surface area contributed by atoms with Crippen molar-refractivity contribution in [1.29, 1.82) is 0 Å². The van der Waals surface area contributed by atoms with Crippen molar-refractivity contribution in [1.82, 2.24) is 4.90 Å². The molecule has 0 amide bonds. The molecule has 9 rings (SSSR count). The molecular weight excluding hydrogens is 506 g/mol. The summed E-state index contributed by atoms with van der Waals surface area (Å²) in [6.07, 6.45) is 0.649. The molecule has 2 heterocycles. The first kappa shape index (κ1) is 23.1. The summed E-state index contributed by atoms with van der Waals surface area (Å²) in [5.74, 6) is -1.12. The van der Waals surface area contributed by atoms with E-state index in [-0.39, 0.29) is 23.4 Å². The maximum Gasteiger partial charge on any atom is 0.189 e. The number of ketones is 3. The lowest BCUT2D eigenvalue weighted by Crippen LogP contribution is -2.60. The van der Waals surface area contributed by atoms with Crippen molar-refractivity contribution in [3.8, 4) is 0 Å².